The number of aromatic amines is 1. The summed E-state index contributed by atoms with van der Waals surface area (Å²) >= 11 is 0. The molecule has 5 rings (SSSR count). The van der Waals surface area contributed by atoms with E-state index in [9.17, 15) is 9.83 Å². The van der Waals surface area contributed by atoms with Gasteiger partial charge in [-0.05, 0) is 43.2 Å². The average molecular weight is 463 g/mol. The number of aromatic nitrogens is 3. The summed E-state index contributed by atoms with van der Waals surface area (Å²) in [5.41, 5.74) is 4.35. The maximum absolute atomic E-state index is 13.7. The molecular weight excluding hydrogens is 431 g/mol. The van der Waals surface area contributed by atoms with Crippen LogP contribution >= 0.6 is 7.14 Å². The molecule has 2 saturated heterocycles. The van der Waals surface area contributed by atoms with Crippen LogP contribution in [0.4, 0.5) is 5.95 Å². The quantitative estimate of drug-likeness (QED) is 0.497. The van der Waals surface area contributed by atoms with Crippen LogP contribution in [0, 0.1) is 23.7 Å². The monoisotopic (exact) mass is 462 g/mol. The van der Waals surface area contributed by atoms with Gasteiger partial charge in [0.15, 0.2) is 0 Å². The molecule has 3 aromatic rings. The SMILES string of the molecule is Cc1cnc(NC2CNCC(C)(C)C2)nc1-c1c[nH]c2c(P3(=O)CCCC3)c(C#N)ccc12. The number of hydrogen-bond acceptors (Lipinski definition) is 6. The fraction of sp³-hybridized carbons (Fsp3) is 0.480. The predicted octanol–water partition coefficient (Wildman–Crippen LogP) is 4.39. The van der Waals surface area contributed by atoms with Crippen LogP contribution in [-0.4, -0.2) is 46.4 Å². The van der Waals surface area contributed by atoms with E-state index in [2.05, 4.69) is 40.5 Å². The minimum atomic E-state index is -2.56. The molecule has 1 atom stereocenters. The van der Waals surface area contributed by atoms with Gasteiger partial charge in [-0.3, -0.25) is 0 Å². The lowest BCUT2D eigenvalue weighted by molar-refractivity contribution is 0.249. The molecule has 4 heterocycles. The smallest absolute Gasteiger partial charge is 0.223 e. The van der Waals surface area contributed by atoms with Crippen molar-refractivity contribution < 1.29 is 4.57 Å². The van der Waals surface area contributed by atoms with Crippen LogP contribution in [0.25, 0.3) is 22.2 Å². The summed E-state index contributed by atoms with van der Waals surface area (Å²) in [6.07, 6.45) is 8.12. The summed E-state index contributed by atoms with van der Waals surface area (Å²) in [6, 6.07) is 6.32. The van der Waals surface area contributed by atoms with Gasteiger partial charge < -0.3 is 20.2 Å². The summed E-state index contributed by atoms with van der Waals surface area (Å²) in [5.74, 6) is 0.618. The Balaban J connectivity index is 1.55. The maximum atomic E-state index is 13.7. The predicted molar refractivity (Wildman–Crippen MR) is 134 cm³/mol. The zero-order valence-electron chi connectivity index (χ0n) is 19.5. The second-order valence-corrected chi connectivity index (χ2v) is 13.4. The van der Waals surface area contributed by atoms with Crippen molar-refractivity contribution in [1.82, 2.24) is 20.3 Å². The molecule has 2 fully saturated rings. The van der Waals surface area contributed by atoms with Gasteiger partial charge in [0, 0.05) is 54.8 Å². The first-order valence-electron chi connectivity index (χ1n) is 11.7. The van der Waals surface area contributed by atoms with Crippen molar-refractivity contribution in [1.29, 1.82) is 5.26 Å². The molecule has 0 saturated carbocycles. The number of nitriles is 1. The molecule has 0 amide bonds. The zero-order chi connectivity index (χ0) is 23.2. The van der Waals surface area contributed by atoms with Crippen molar-refractivity contribution in [2.24, 2.45) is 5.41 Å². The molecule has 3 N–H and O–H groups in total. The number of rotatable bonds is 4. The third-order valence-corrected chi connectivity index (χ3v) is 10.4. The Bertz CT molecular complexity index is 1290. The van der Waals surface area contributed by atoms with Crippen LogP contribution in [0.1, 0.15) is 44.2 Å². The van der Waals surface area contributed by atoms with Crippen molar-refractivity contribution in [3.63, 3.8) is 0 Å². The van der Waals surface area contributed by atoms with Crippen molar-refractivity contribution in [3.8, 4) is 17.3 Å². The van der Waals surface area contributed by atoms with Crippen LogP contribution in [-0.2, 0) is 4.57 Å². The van der Waals surface area contributed by atoms with E-state index in [1.54, 1.807) is 0 Å². The second-order valence-electron chi connectivity index (χ2n) is 10.3. The van der Waals surface area contributed by atoms with Gasteiger partial charge in [0.25, 0.3) is 0 Å². The fourth-order valence-corrected chi connectivity index (χ4v) is 8.72. The lowest BCUT2D eigenvalue weighted by Crippen LogP contribution is -2.47. The Hall–Kier alpha value is -2.68. The Morgan fingerprint density at radius 2 is 2.06 bits per heavy atom. The minimum absolute atomic E-state index is 0.229. The van der Waals surface area contributed by atoms with Crippen LogP contribution in [0.5, 0.6) is 0 Å². The average Bonchev–Trinajstić information content (AvgIpc) is 3.40. The first-order chi connectivity index (χ1) is 15.8. The summed E-state index contributed by atoms with van der Waals surface area (Å²) in [4.78, 5) is 12.8. The van der Waals surface area contributed by atoms with Crippen LogP contribution in [0.3, 0.4) is 0 Å². The molecule has 2 aliphatic rings. The van der Waals surface area contributed by atoms with E-state index < -0.39 is 7.14 Å². The minimum Gasteiger partial charge on any atom is -0.360 e. The van der Waals surface area contributed by atoms with Crippen molar-refractivity contribution in [3.05, 3.63) is 35.7 Å². The largest absolute Gasteiger partial charge is 0.360 e. The molecule has 2 aromatic heterocycles. The van der Waals surface area contributed by atoms with Gasteiger partial charge >= 0.3 is 0 Å². The highest BCUT2D eigenvalue weighted by Gasteiger charge is 2.34. The third kappa shape index (κ3) is 4.07. The van der Waals surface area contributed by atoms with E-state index >= 15 is 0 Å². The van der Waals surface area contributed by atoms with E-state index in [1.165, 1.54) is 0 Å². The van der Waals surface area contributed by atoms with Gasteiger partial charge in [-0.2, -0.15) is 5.26 Å². The molecule has 0 bridgehead atoms. The molecule has 7 nitrogen and oxygen atoms in total. The highest BCUT2D eigenvalue weighted by Crippen LogP contribution is 2.53. The van der Waals surface area contributed by atoms with Gasteiger partial charge in [-0.25, -0.2) is 9.97 Å². The summed E-state index contributed by atoms with van der Waals surface area (Å²) in [6.45, 7) is 8.44. The van der Waals surface area contributed by atoms with Crippen LogP contribution in [0.15, 0.2) is 24.5 Å². The third-order valence-electron chi connectivity index (χ3n) is 7.00. The lowest BCUT2D eigenvalue weighted by Gasteiger charge is -2.36. The lowest BCUT2D eigenvalue weighted by atomic mass is 9.83. The zero-order valence-corrected chi connectivity index (χ0v) is 20.4. The number of aryl methyl sites for hydroxylation is 1. The number of H-pyrrole nitrogens is 1. The molecule has 172 valence electrons. The van der Waals surface area contributed by atoms with Crippen LogP contribution < -0.4 is 15.9 Å². The second kappa shape index (κ2) is 8.27. The van der Waals surface area contributed by atoms with Gasteiger partial charge in [-0.1, -0.05) is 19.9 Å². The number of hydrogen-bond donors (Lipinski definition) is 3. The molecule has 0 spiro atoms. The number of fused-ring (bicyclic) bond motifs is 1. The van der Waals surface area contributed by atoms with Gasteiger partial charge in [0.1, 0.15) is 7.14 Å². The maximum Gasteiger partial charge on any atom is 0.223 e. The Morgan fingerprint density at radius 1 is 1.27 bits per heavy atom. The number of benzene rings is 1. The van der Waals surface area contributed by atoms with E-state index in [0.29, 0.717) is 23.8 Å². The molecule has 0 aliphatic carbocycles. The van der Waals surface area contributed by atoms with Gasteiger partial charge in [-0.15, -0.1) is 0 Å². The first-order valence-corrected chi connectivity index (χ1v) is 13.8. The van der Waals surface area contributed by atoms with Gasteiger partial charge in [0.05, 0.1) is 28.1 Å². The molecule has 33 heavy (non-hydrogen) atoms. The van der Waals surface area contributed by atoms with E-state index in [4.69, 9.17) is 4.98 Å². The summed E-state index contributed by atoms with van der Waals surface area (Å²) in [5, 5.41) is 18.4. The number of piperidine rings is 1. The molecule has 0 radical (unpaired) electrons. The standard InChI is InChI=1S/C25H31N6OP/c1-16-12-29-24(30-18-10-25(2,3)15-27-13-18)31-21(16)20-14-28-22-19(20)7-6-17(11-26)23(22)33(32)8-4-5-9-33/h6-7,12,14,18,27-28H,4-5,8-10,13,15H2,1-3H3,(H,29,30,31). The summed E-state index contributed by atoms with van der Waals surface area (Å²) < 4.78 is 13.7. The molecule has 2 aliphatic heterocycles. The van der Waals surface area contributed by atoms with Gasteiger partial charge in [0.2, 0.25) is 5.95 Å². The molecule has 1 aromatic carbocycles. The van der Waals surface area contributed by atoms with E-state index in [0.717, 1.165) is 65.4 Å². The number of nitrogens with one attached hydrogen (secondary N) is 3. The number of anilines is 1. The van der Waals surface area contributed by atoms with E-state index in [1.807, 2.05) is 31.5 Å². The molecule has 8 heteroatoms. The highest BCUT2D eigenvalue weighted by molar-refractivity contribution is 7.72. The Labute approximate surface area is 194 Å². The van der Waals surface area contributed by atoms with Crippen LogP contribution in [0.2, 0.25) is 0 Å². The van der Waals surface area contributed by atoms with E-state index in [-0.39, 0.29) is 11.5 Å². The fourth-order valence-electron chi connectivity index (χ4n) is 5.43. The molecule has 1 unspecified atom stereocenters. The summed E-state index contributed by atoms with van der Waals surface area (Å²) in [7, 11) is -2.56. The van der Waals surface area contributed by atoms with Crippen molar-refractivity contribution >= 4 is 29.3 Å². The highest BCUT2D eigenvalue weighted by atomic mass is 31.2. The normalized spacial score (nSPS) is 21.7. The topological polar surface area (TPSA) is 106 Å². The molecular formula is C25H31N6OP. The van der Waals surface area contributed by atoms with Crippen molar-refractivity contribution in [2.45, 2.75) is 46.1 Å². The number of nitrogens with zero attached hydrogens (tertiary/aromatic N) is 3. The first kappa shape index (κ1) is 22.1. The Kier molecular flexibility index (Phi) is 5.55. The van der Waals surface area contributed by atoms with Crippen molar-refractivity contribution in [2.75, 3.05) is 30.7 Å². The Morgan fingerprint density at radius 3 is 2.79 bits per heavy atom.